The van der Waals surface area contributed by atoms with E-state index < -0.39 is 16.3 Å². The Morgan fingerprint density at radius 3 is 2.81 bits per heavy atom. The zero-order chi connectivity index (χ0) is 15.6. The first-order valence-electron chi connectivity index (χ1n) is 7.00. The zero-order valence-electron chi connectivity index (χ0n) is 11.8. The number of rotatable bonds is 4. The number of carboxylic acid groups (broad SMARTS) is 1. The highest BCUT2D eigenvalue weighted by atomic mass is 79.9. The van der Waals surface area contributed by atoms with Crippen molar-refractivity contribution in [1.82, 2.24) is 0 Å². The molecule has 0 heterocycles. The van der Waals surface area contributed by atoms with Gasteiger partial charge in [0.25, 0.3) is 5.69 Å². The van der Waals surface area contributed by atoms with E-state index in [4.69, 9.17) is 0 Å². The fourth-order valence-electron chi connectivity index (χ4n) is 3.25. The maximum absolute atomic E-state index is 11.8. The first-order chi connectivity index (χ1) is 9.84. The van der Waals surface area contributed by atoms with E-state index in [9.17, 15) is 20.0 Å². The number of non-ortho nitro benzene ring substituents is 1. The average molecular weight is 356 g/mol. The van der Waals surface area contributed by atoms with E-state index in [0.29, 0.717) is 29.7 Å². The van der Waals surface area contributed by atoms with Gasteiger partial charge in [-0.25, -0.2) is 0 Å². The van der Waals surface area contributed by atoms with Gasteiger partial charge >= 0.3 is 5.97 Å². The lowest BCUT2D eigenvalue weighted by molar-refractivity contribution is -0.384. The number of halogens is 1. The van der Waals surface area contributed by atoms with E-state index in [0.717, 1.165) is 18.4 Å². The van der Waals surface area contributed by atoms with Gasteiger partial charge in [-0.15, -0.1) is 0 Å². The lowest BCUT2D eigenvalue weighted by Gasteiger charge is -2.36. The van der Waals surface area contributed by atoms with Crippen LogP contribution in [0.1, 0.15) is 38.2 Å². The molecule has 1 fully saturated rings. The summed E-state index contributed by atoms with van der Waals surface area (Å²) in [5.74, 6) is -0.369. The Labute approximate surface area is 131 Å². The van der Waals surface area contributed by atoms with E-state index in [1.807, 2.05) is 0 Å². The summed E-state index contributed by atoms with van der Waals surface area (Å²) in [4.78, 5) is 22.1. The molecule has 21 heavy (non-hydrogen) atoms. The molecule has 0 saturated heterocycles. The number of nitro groups is 1. The molecule has 0 radical (unpaired) electrons. The monoisotopic (exact) mass is 355 g/mol. The Bertz CT molecular complexity index is 575. The summed E-state index contributed by atoms with van der Waals surface area (Å²) < 4.78 is 0.607. The Balaban J connectivity index is 2.29. The van der Waals surface area contributed by atoms with Gasteiger partial charge in [0, 0.05) is 16.6 Å². The van der Waals surface area contributed by atoms with Crippen LogP contribution in [0.5, 0.6) is 0 Å². The minimum absolute atomic E-state index is 0.00649. The van der Waals surface area contributed by atoms with Gasteiger partial charge < -0.3 is 5.11 Å². The van der Waals surface area contributed by atoms with E-state index >= 15 is 0 Å². The molecule has 0 aromatic heterocycles. The van der Waals surface area contributed by atoms with Gasteiger partial charge in [-0.2, -0.15) is 0 Å². The van der Waals surface area contributed by atoms with Crippen LogP contribution in [0.15, 0.2) is 22.7 Å². The van der Waals surface area contributed by atoms with E-state index in [1.165, 1.54) is 12.1 Å². The van der Waals surface area contributed by atoms with Crippen LogP contribution >= 0.6 is 15.9 Å². The number of benzene rings is 1. The zero-order valence-corrected chi connectivity index (χ0v) is 13.4. The van der Waals surface area contributed by atoms with Crippen molar-refractivity contribution in [3.63, 3.8) is 0 Å². The first kappa shape index (κ1) is 15.9. The predicted molar refractivity (Wildman–Crippen MR) is 82.2 cm³/mol. The van der Waals surface area contributed by atoms with Gasteiger partial charge in [0.15, 0.2) is 0 Å². The Morgan fingerprint density at radius 2 is 2.29 bits per heavy atom. The highest BCUT2D eigenvalue weighted by Crippen LogP contribution is 2.43. The summed E-state index contributed by atoms with van der Waals surface area (Å²) in [5, 5.41) is 20.4. The van der Waals surface area contributed by atoms with Gasteiger partial charge in [0.05, 0.1) is 10.3 Å². The lowest BCUT2D eigenvalue weighted by Crippen LogP contribution is -2.38. The number of nitrogens with zero attached hydrogens (tertiary/aromatic N) is 1. The van der Waals surface area contributed by atoms with Crippen molar-refractivity contribution >= 4 is 27.6 Å². The molecule has 2 rings (SSSR count). The van der Waals surface area contributed by atoms with Crippen LogP contribution in [-0.4, -0.2) is 16.0 Å². The maximum atomic E-state index is 11.8. The molecular formula is C15H18BrNO4. The Morgan fingerprint density at radius 1 is 1.57 bits per heavy atom. The summed E-state index contributed by atoms with van der Waals surface area (Å²) in [6.45, 7) is 2.09. The molecule has 0 bridgehead atoms. The van der Waals surface area contributed by atoms with Gasteiger partial charge in [-0.3, -0.25) is 14.9 Å². The van der Waals surface area contributed by atoms with Gasteiger partial charge in [-0.1, -0.05) is 41.8 Å². The highest BCUT2D eigenvalue weighted by molar-refractivity contribution is 9.10. The van der Waals surface area contributed by atoms with Gasteiger partial charge in [0.2, 0.25) is 0 Å². The predicted octanol–water partition coefficient (Wildman–Crippen LogP) is 4.18. The first-order valence-corrected chi connectivity index (χ1v) is 7.79. The van der Waals surface area contributed by atoms with Crippen molar-refractivity contribution in [2.24, 2.45) is 11.3 Å². The molecule has 1 N–H and O–H groups in total. The number of carbonyl (C=O) groups is 1. The number of hydrogen-bond acceptors (Lipinski definition) is 3. The second-order valence-corrected chi connectivity index (χ2v) is 6.85. The second-order valence-electron chi connectivity index (χ2n) is 6.00. The van der Waals surface area contributed by atoms with E-state index in [1.54, 1.807) is 6.07 Å². The summed E-state index contributed by atoms with van der Waals surface area (Å²) >= 11 is 3.33. The molecule has 0 spiro atoms. The molecule has 2 atom stereocenters. The molecule has 1 aromatic rings. The van der Waals surface area contributed by atoms with Crippen LogP contribution in [0.25, 0.3) is 0 Å². The van der Waals surface area contributed by atoms with E-state index in [-0.39, 0.29) is 5.69 Å². The minimum Gasteiger partial charge on any atom is -0.481 e. The quantitative estimate of drug-likeness (QED) is 0.648. The summed E-state index contributed by atoms with van der Waals surface area (Å²) in [5.41, 5.74) is 0.0696. The van der Waals surface area contributed by atoms with E-state index in [2.05, 4.69) is 22.9 Å². The number of aliphatic carboxylic acids is 1. The van der Waals surface area contributed by atoms with Crippen LogP contribution in [0.3, 0.4) is 0 Å². The summed E-state index contributed by atoms with van der Waals surface area (Å²) in [7, 11) is 0. The lowest BCUT2D eigenvalue weighted by atomic mass is 9.67. The molecule has 6 heteroatoms. The van der Waals surface area contributed by atoms with Crippen LogP contribution < -0.4 is 0 Å². The molecule has 1 aliphatic rings. The molecule has 114 valence electrons. The van der Waals surface area contributed by atoms with Crippen molar-refractivity contribution < 1.29 is 14.8 Å². The minimum atomic E-state index is -0.765. The Hall–Kier alpha value is -1.43. The fourth-order valence-corrected chi connectivity index (χ4v) is 3.76. The maximum Gasteiger partial charge on any atom is 0.309 e. The molecule has 0 aliphatic heterocycles. The smallest absolute Gasteiger partial charge is 0.309 e. The van der Waals surface area contributed by atoms with Crippen molar-refractivity contribution in [1.29, 1.82) is 0 Å². The van der Waals surface area contributed by atoms with Crippen molar-refractivity contribution in [3.05, 3.63) is 38.3 Å². The average Bonchev–Trinajstić information content (AvgIpc) is 2.40. The Kier molecular flexibility index (Phi) is 4.66. The van der Waals surface area contributed by atoms with Crippen LogP contribution in [-0.2, 0) is 11.2 Å². The standard InChI is InChI=1S/C15H18BrNO4/c1-10-3-2-6-15(8-10,14(18)19)9-11-4-5-12(17(20)21)7-13(11)16/h4-5,7,10H,2-3,6,8-9H2,1H3,(H,18,19). The third kappa shape index (κ3) is 3.43. The normalized spacial score (nSPS) is 25.5. The third-order valence-electron chi connectivity index (χ3n) is 4.32. The van der Waals surface area contributed by atoms with Crippen molar-refractivity contribution in [2.75, 3.05) is 0 Å². The molecule has 1 aliphatic carbocycles. The highest BCUT2D eigenvalue weighted by Gasteiger charge is 2.42. The molecule has 5 nitrogen and oxygen atoms in total. The molecule has 0 amide bonds. The number of carboxylic acids is 1. The van der Waals surface area contributed by atoms with Crippen LogP contribution in [0.2, 0.25) is 0 Å². The van der Waals surface area contributed by atoms with Crippen molar-refractivity contribution in [3.8, 4) is 0 Å². The van der Waals surface area contributed by atoms with Crippen molar-refractivity contribution in [2.45, 2.75) is 39.0 Å². The summed E-state index contributed by atoms with van der Waals surface area (Å²) in [6.07, 6.45) is 3.71. The molecule has 1 aromatic carbocycles. The van der Waals surface area contributed by atoms with Crippen LogP contribution in [0.4, 0.5) is 5.69 Å². The third-order valence-corrected chi connectivity index (χ3v) is 5.06. The fraction of sp³-hybridized carbons (Fsp3) is 0.533. The molecule has 2 unspecified atom stereocenters. The number of nitro benzene ring substituents is 1. The van der Waals surface area contributed by atoms with Crippen LogP contribution in [0, 0.1) is 21.4 Å². The summed E-state index contributed by atoms with van der Waals surface area (Å²) in [6, 6.07) is 4.53. The largest absolute Gasteiger partial charge is 0.481 e. The van der Waals surface area contributed by atoms with Gasteiger partial charge in [0.1, 0.15) is 0 Å². The number of hydrogen-bond donors (Lipinski definition) is 1. The SMILES string of the molecule is CC1CCCC(Cc2ccc([N+](=O)[O-])cc2Br)(C(=O)O)C1. The molecule has 1 saturated carbocycles. The molecular weight excluding hydrogens is 338 g/mol. The van der Waals surface area contributed by atoms with Gasteiger partial charge in [-0.05, 0) is 30.7 Å². The topological polar surface area (TPSA) is 80.4 Å². The second kappa shape index (κ2) is 6.13.